The average Bonchev–Trinajstić information content (AvgIpc) is 3.17. The van der Waals surface area contributed by atoms with Gasteiger partial charge in [-0.05, 0) is 66.4 Å². The van der Waals surface area contributed by atoms with Gasteiger partial charge in [-0.15, -0.1) is 0 Å². The fraction of sp³-hybridized carbons (Fsp3) is 0.250. The molecule has 0 bridgehead atoms. The van der Waals surface area contributed by atoms with Crippen molar-refractivity contribution in [2.75, 3.05) is 18.6 Å². The zero-order valence-corrected chi connectivity index (χ0v) is 19.7. The minimum Gasteiger partial charge on any atom is -0.497 e. The molecule has 1 aliphatic heterocycles. The van der Waals surface area contributed by atoms with E-state index in [0.717, 1.165) is 28.5 Å². The molecule has 7 heteroatoms. The van der Waals surface area contributed by atoms with E-state index in [1.165, 1.54) is 23.1 Å². The highest BCUT2D eigenvalue weighted by Crippen LogP contribution is 2.27. The van der Waals surface area contributed by atoms with Crippen LogP contribution >= 0.6 is 0 Å². The molecule has 0 aliphatic carbocycles. The molecule has 4 rings (SSSR count). The van der Waals surface area contributed by atoms with E-state index in [1.807, 2.05) is 43.3 Å². The van der Waals surface area contributed by atoms with E-state index in [0.29, 0.717) is 17.9 Å². The Morgan fingerprint density at radius 1 is 1.03 bits per heavy atom. The molecule has 3 aromatic rings. The first-order valence-corrected chi connectivity index (χ1v) is 11.6. The molecular formula is C28H27FN2O4. The number of imide groups is 1. The maximum absolute atomic E-state index is 13.9. The minimum absolute atomic E-state index is 0.127. The maximum Gasteiger partial charge on any atom is 0.257 e. The number of benzene rings is 3. The Morgan fingerprint density at radius 2 is 1.71 bits per heavy atom. The van der Waals surface area contributed by atoms with Crippen LogP contribution < -0.4 is 9.64 Å². The first kappa shape index (κ1) is 24.1. The molecule has 180 valence electrons. The number of methoxy groups -OCH3 is 1. The van der Waals surface area contributed by atoms with Crippen molar-refractivity contribution in [2.45, 2.75) is 32.2 Å². The summed E-state index contributed by atoms with van der Waals surface area (Å²) in [6.07, 6.45) is 1.17. The number of aryl methyl sites for hydroxylation is 1. The third kappa shape index (κ3) is 5.24. The van der Waals surface area contributed by atoms with Crippen LogP contribution in [0, 0.1) is 5.82 Å². The van der Waals surface area contributed by atoms with E-state index in [-0.39, 0.29) is 24.4 Å². The monoisotopic (exact) mass is 474 g/mol. The van der Waals surface area contributed by atoms with Crippen molar-refractivity contribution in [3.05, 3.63) is 95.3 Å². The predicted molar refractivity (Wildman–Crippen MR) is 131 cm³/mol. The van der Waals surface area contributed by atoms with Crippen LogP contribution in [0.25, 0.3) is 0 Å². The zero-order chi connectivity index (χ0) is 24.9. The lowest BCUT2D eigenvalue weighted by Crippen LogP contribution is -2.46. The Balaban J connectivity index is 1.61. The van der Waals surface area contributed by atoms with Crippen LogP contribution in [0.5, 0.6) is 5.75 Å². The van der Waals surface area contributed by atoms with Crippen LogP contribution in [0.1, 0.15) is 34.8 Å². The molecule has 0 N–H and O–H groups in total. The summed E-state index contributed by atoms with van der Waals surface area (Å²) in [6.45, 7) is 2.21. The van der Waals surface area contributed by atoms with Gasteiger partial charge in [-0.1, -0.05) is 37.3 Å². The summed E-state index contributed by atoms with van der Waals surface area (Å²) in [4.78, 5) is 42.3. The highest BCUT2D eigenvalue weighted by Gasteiger charge is 2.44. The number of halogens is 1. The summed E-state index contributed by atoms with van der Waals surface area (Å²) in [7, 11) is 1.58. The second-order valence-corrected chi connectivity index (χ2v) is 8.41. The lowest BCUT2D eigenvalue weighted by Gasteiger charge is -2.28. The molecular weight excluding hydrogens is 447 g/mol. The van der Waals surface area contributed by atoms with E-state index in [1.54, 1.807) is 19.2 Å². The summed E-state index contributed by atoms with van der Waals surface area (Å²) in [5.41, 5.74) is 2.64. The van der Waals surface area contributed by atoms with Gasteiger partial charge in [0.15, 0.2) is 0 Å². The van der Waals surface area contributed by atoms with Gasteiger partial charge < -0.3 is 9.64 Å². The van der Waals surface area contributed by atoms with Crippen LogP contribution in [0.15, 0.2) is 72.8 Å². The van der Waals surface area contributed by atoms with E-state index < -0.39 is 23.7 Å². The van der Waals surface area contributed by atoms with Gasteiger partial charge in [0.05, 0.1) is 19.2 Å². The number of nitrogens with zero attached hydrogens (tertiary/aromatic N) is 2. The van der Waals surface area contributed by atoms with Gasteiger partial charge in [0, 0.05) is 12.1 Å². The first-order valence-electron chi connectivity index (χ1n) is 11.6. The molecule has 0 saturated carbocycles. The van der Waals surface area contributed by atoms with E-state index >= 15 is 0 Å². The van der Waals surface area contributed by atoms with Crippen LogP contribution in [0.2, 0.25) is 0 Å². The Labute approximate surface area is 203 Å². The molecule has 3 amide bonds. The molecule has 3 aromatic carbocycles. The third-order valence-corrected chi connectivity index (χ3v) is 6.23. The number of amides is 3. The fourth-order valence-electron chi connectivity index (χ4n) is 4.24. The van der Waals surface area contributed by atoms with E-state index in [4.69, 9.17) is 4.74 Å². The smallest absolute Gasteiger partial charge is 0.257 e. The molecule has 0 spiro atoms. The van der Waals surface area contributed by atoms with Gasteiger partial charge in [0.2, 0.25) is 5.91 Å². The molecule has 1 heterocycles. The van der Waals surface area contributed by atoms with Crippen molar-refractivity contribution in [1.29, 1.82) is 0 Å². The van der Waals surface area contributed by atoms with E-state index in [2.05, 4.69) is 0 Å². The highest BCUT2D eigenvalue weighted by atomic mass is 19.1. The van der Waals surface area contributed by atoms with Crippen LogP contribution in [0.3, 0.4) is 0 Å². The predicted octanol–water partition coefficient (Wildman–Crippen LogP) is 4.41. The fourth-order valence-corrected chi connectivity index (χ4v) is 4.24. The number of carbonyl (C=O) groups excluding carboxylic acids is 3. The molecule has 1 atom stereocenters. The number of hydrogen-bond donors (Lipinski definition) is 0. The second kappa shape index (κ2) is 10.5. The van der Waals surface area contributed by atoms with Crippen molar-refractivity contribution in [3.8, 4) is 5.75 Å². The van der Waals surface area contributed by atoms with Gasteiger partial charge >= 0.3 is 0 Å². The van der Waals surface area contributed by atoms with Gasteiger partial charge in [-0.3, -0.25) is 14.4 Å². The molecule has 0 radical (unpaired) electrons. The molecule has 6 nitrogen and oxygen atoms in total. The summed E-state index contributed by atoms with van der Waals surface area (Å²) in [5, 5.41) is 0. The summed E-state index contributed by atoms with van der Waals surface area (Å²) >= 11 is 0. The standard InChI is InChI=1S/C28H27FN2O4/c1-3-19-7-11-23(12-8-19)31-26(32)18-25(28(31)34)30(27(33)21-5-4-6-22(29)17-21)16-15-20-9-13-24(35-2)14-10-20/h4-14,17,25H,3,15-16,18H2,1-2H3/t25-/m1/s1. The van der Waals surface area contributed by atoms with Crippen molar-refractivity contribution in [1.82, 2.24) is 4.90 Å². The van der Waals surface area contributed by atoms with Gasteiger partial charge in [0.1, 0.15) is 17.6 Å². The summed E-state index contributed by atoms with van der Waals surface area (Å²) in [6, 6.07) is 19.0. The van der Waals surface area contributed by atoms with Crippen LogP contribution in [-0.4, -0.2) is 42.3 Å². The quantitative estimate of drug-likeness (QED) is 0.454. The lowest BCUT2D eigenvalue weighted by atomic mass is 10.1. The molecule has 1 fully saturated rings. The Hall–Kier alpha value is -4.00. The van der Waals surface area contributed by atoms with E-state index in [9.17, 15) is 18.8 Å². The maximum atomic E-state index is 13.9. The normalized spacial score (nSPS) is 15.4. The number of hydrogen-bond acceptors (Lipinski definition) is 4. The number of carbonyl (C=O) groups is 3. The van der Waals surface area contributed by atoms with Gasteiger partial charge in [-0.2, -0.15) is 0 Å². The van der Waals surface area contributed by atoms with Crippen molar-refractivity contribution >= 4 is 23.4 Å². The van der Waals surface area contributed by atoms with Gasteiger partial charge in [-0.25, -0.2) is 9.29 Å². The number of ether oxygens (including phenoxy) is 1. The first-order chi connectivity index (χ1) is 16.9. The average molecular weight is 475 g/mol. The Kier molecular flexibility index (Phi) is 7.25. The highest BCUT2D eigenvalue weighted by molar-refractivity contribution is 6.23. The molecule has 0 unspecified atom stereocenters. The van der Waals surface area contributed by atoms with Crippen molar-refractivity contribution < 1.29 is 23.5 Å². The number of rotatable bonds is 8. The molecule has 1 saturated heterocycles. The van der Waals surface area contributed by atoms with Crippen molar-refractivity contribution in [3.63, 3.8) is 0 Å². The minimum atomic E-state index is -0.970. The second-order valence-electron chi connectivity index (χ2n) is 8.41. The zero-order valence-electron chi connectivity index (χ0n) is 19.7. The van der Waals surface area contributed by atoms with Gasteiger partial charge in [0.25, 0.3) is 11.8 Å². The third-order valence-electron chi connectivity index (χ3n) is 6.23. The summed E-state index contributed by atoms with van der Waals surface area (Å²) in [5.74, 6) is -1.16. The largest absolute Gasteiger partial charge is 0.497 e. The lowest BCUT2D eigenvalue weighted by molar-refractivity contribution is -0.122. The van der Waals surface area contributed by atoms with Crippen LogP contribution in [0.4, 0.5) is 10.1 Å². The topological polar surface area (TPSA) is 66.9 Å². The summed E-state index contributed by atoms with van der Waals surface area (Å²) < 4.78 is 19.1. The van der Waals surface area contributed by atoms with Crippen LogP contribution in [-0.2, 0) is 22.4 Å². The molecule has 0 aromatic heterocycles. The number of anilines is 1. The Morgan fingerprint density at radius 3 is 2.34 bits per heavy atom. The molecule has 1 aliphatic rings. The Bertz CT molecular complexity index is 1220. The molecule has 35 heavy (non-hydrogen) atoms. The van der Waals surface area contributed by atoms with Crippen molar-refractivity contribution in [2.24, 2.45) is 0 Å². The SMILES string of the molecule is CCc1ccc(N2C(=O)C[C@@H](N(CCc3ccc(OC)cc3)C(=O)c3cccc(F)c3)C2=O)cc1.